The smallest absolute Gasteiger partial charge is 0.103 e. The van der Waals surface area contributed by atoms with E-state index in [0.29, 0.717) is 0 Å². The third-order valence-electron chi connectivity index (χ3n) is 3.30. The van der Waals surface area contributed by atoms with Crippen molar-refractivity contribution in [2.45, 2.75) is 44.0 Å². The maximum atomic E-state index is 10.00. The minimum Gasteiger partial charge on any atom is -0.391 e. The Kier molecular flexibility index (Phi) is 1.83. The van der Waals surface area contributed by atoms with Crippen LogP contribution in [0.2, 0.25) is 0 Å². The number of rotatable bonds is 0. The second-order valence-corrected chi connectivity index (χ2v) is 5.22. The molecule has 0 saturated carbocycles. The second kappa shape index (κ2) is 2.50. The number of ether oxygens (including phenoxy) is 1. The number of aliphatic hydroxyl groups is 1. The first kappa shape index (κ1) is 9.50. The third-order valence-corrected chi connectivity index (χ3v) is 3.98. The summed E-state index contributed by atoms with van der Waals surface area (Å²) in [5.74, 6) is 0. The van der Waals surface area contributed by atoms with E-state index in [1.807, 2.05) is 32.9 Å². The van der Waals surface area contributed by atoms with E-state index in [2.05, 4.69) is 0 Å². The summed E-state index contributed by atoms with van der Waals surface area (Å²) < 4.78 is 5.78. The molecule has 1 saturated heterocycles. The lowest BCUT2D eigenvalue weighted by molar-refractivity contribution is -0.162. The molecule has 1 N–H and O–H groups in total. The van der Waals surface area contributed by atoms with Crippen LogP contribution in [0.1, 0.15) is 20.8 Å². The van der Waals surface area contributed by atoms with Crippen molar-refractivity contribution in [3.8, 4) is 0 Å². The van der Waals surface area contributed by atoms with E-state index in [1.54, 1.807) is 0 Å². The van der Waals surface area contributed by atoms with Gasteiger partial charge >= 0.3 is 0 Å². The summed E-state index contributed by atoms with van der Waals surface area (Å²) in [6, 6.07) is 0. The Morgan fingerprint density at radius 2 is 2.00 bits per heavy atom. The number of hydrogen-bond acceptors (Lipinski definition) is 2. The van der Waals surface area contributed by atoms with Crippen LogP contribution in [0.25, 0.3) is 0 Å². The minimum absolute atomic E-state index is 0.0116. The van der Waals surface area contributed by atoms with Gasteiger partial charge in [0.1, 0.15) is 5.60 Å². The van der Waals surface area contributed by atoms with E-state index < -0.39 is 11.7 Å². The zero-order valence-corrected chi connectivity index (χ0v) is 8.88. The summed E-state index contributed by atoms with van der Waals surface area (Å²) in [5.41, 5.74) is -0.778. The number of halogens is 1. The topological polar surface area (TPSA) is 29.5 Å². The Balaban J connectivity index is 2.39. The average Bonchev–Trinajstić information content (AvgIpc) is 2.43. The quantitative estimate of drug-likeness (QED) is 0.479. The highest BCUT2D eigenvalue weighted by atomic mass is 35.5. The molecule has 2 bridgehead atoms. The van der Waals surface area contributed by atoms with E-state index in [1.165, 1.54) is 0 Å². The van der Waals surface area contributed by atoms with Gasteiger partial charge in [-0.05, 0) is 6.92 Å². The molecule has 0 aromatic rings. The van der Waals surface area contributed by atoms with Gasteiger partial charge < -0.3 is 9.84 Å². The normalized spacial score (nSPS) is 52.5. The van der Waals surface area contributed by atoms with Gasteiger partial charge in [-0.2, -0.15) is 0 Å². The first-order valence-electron chi connectivity index (χ1n) is 4.57. The zero-order valence-electron chi connectivity index (χ0n) is 8.12. The monoisotopic (exact) mass is 202 g/mol. The summed E-state index contributed by atoms with van der Waals surface area (Å²) in [6.45, 7) is 5.87. The van der Waals surface area contributed by atoms with Gasteiger partial charge in [0.25, 0.3) is 0 Å². The van der Waals surface area contributed by atoms with Gasteiger partial charge in [0.15, 0.2) is 0 Å². The SMILES string of the molecule is CC1(C)[C@H](O)[C@H](Cl)[C@]2(C)C=C[C@H]1O2. The Labute approximate surface area is 83.5 Å². The van der Waals surface area contributed by atoms with Crippen molar-refractivity contribution >= 4 is 11.6 Å². The van der Waals surface area contributed by atoms with Crippen molar-refractivity contribution < 1.29 is 9.84 Å². The highest BCUT2D eigenvalue weighted by molar-refractivity contribution is 6.22. The van der Waals surface area contributed by atoms with Crippen LogP contribution >= 0.6 is 11.6 Å². The molecule has 0 spiro atoms. The highest BCUT2D eigenvalue weighted by Gasteiger charge is 2.56. The fourth-order valence-electron chi connectivity index (χ4n) is 2.05. The van der Waals surface area contributed by atoms with Crippen LogP contribution in [0, 0.1) is 5.41 Å². The lowest BCUT2D eigenvalue weighted by Crippen LogP contribution is -2.58. The summed E-state index contributed by atoms with van der Waals surface area (Å²) in [7, 11) is 0. The molecule has 4 atom stereocenters. The predicted octanol–water partition coefficient (Wildman–Crippen LogP) is 1.71. The average molecular weight is 203 g/mol. The zero-order chi connectivity index (χ0) is 9.85. The van der Waals surface area contributed by atoms with Crippen molar-refractivity contribution in [1.29, 1.82) is 0 Å². The second-order valence-electron chi connectivity index (χ2n) is 4.75. The van der Waals surface area contributed by atoms with Crippen molar-refractivity contribution in [1.82, 2.24) is 0 Å². The number of fused-ring (bicyclic) bond motifs is 2. The van der Waals surface area contributed by atoms with Crippen LogP contribution in [0.15, 0.2) is 12.2 Å². The van der Waals surface area contributed by atoms with Crippen molar-refractivity contribution in [3.05, 3.63) is 12.2 Å². The van der Waals surface area contributed by atoms with E-state index in [0.717, 1.165) is 0 Å². The molecule has 0 aliphatic carbocycles. The van der Waals surface area contributed by atoms with Gasteiger partial charge in [0, 0.05) is 5.41 Å². The fraction of sp³-hybridized carbons (Fsp3) is 0.800. The van der Waals surface area contributed by atoms with Crippen LogP contribution in [-0.4, -0.2) is 28.3 Å². The van der Waals surface area contributed by atoms with Crippen LogP contribution in [0.3, 0.4) is 0 Å². The standard InChI is InChI=1S/C10H15ClO2/c1-9(2)6-4-5-10(3,13-6)7(11)8(9)12/h4-8,12H,1-3H3/t6-,7+,8-,10+/m1/s1. The molecule has 2 aliphatic heterocycles. The van der Waals surface area contributed by atoms with Crippen molar-refractivity contribution in [2.24, 2.45) is 5.41 Å². The molecule has 1 fully saturated rings. The molecule has 13 heavy (non-hydrogen) atoms. The van der Waals surface area contributed by atoms with Crippen molar-refractivity contribution in [2.75, 3.05) is 0 Å². The number of hydrogen-bond donors (Lipinski definition) is 1. The first-order valence-corrected chi connectivity index (χ1v) is 5.01. The Morgan fingerprint density at radius 1 is 1.38 bits per heavy atom. The van der Waals surface area contributed by atoms with Crippen LogP contribution in [0.5, 0.6) is 0 Å². The molecule has 74 valence electrons. The Hall–Kier alpha value is -0.0500. The lowest BCUT2D eigenvalue weighted by Gasteiger charge is -2.47. The van der Waals surface area contributed by atoms with E-state index in [9.17, 15) is 5.11 Å². The minimum atomic E-state index is -0.520. The molecule has 0 aromatic carbocycles. The van der Waals surface area contributed by atoms with Crippen molar-refractivity contribution in [3.63, 3.8) is 0 Å². The Bertz CT molecular complexity index is 262. The van der Waals surface area contributed by atoms with Gasteiger partial charge in [0.05, 0.1) is 17.6 Å². The van der Waals surface area contributed by atoms with Gasteiger partial charge in [-0.25, -0.2) is 0 Å². The first-order chi connectivity index (χ1) is 5.88. The third kappa shape index (κ3) is 1.09. The molecule has 0 aromatic heterocycles. The van der Waals surface area contributed by atoms with Gasteiger partial charge in [0.2, 0.25) is 0 Å². The summed E-state index contributed by atoms with van der Waals surface area (Å²) in [6.07, 6.45) is 3.44. The molecule has 2 rings (SSSR count). The lowest BCUT2D eigenvalue weighted by atomic mass is 9.76. The van der Waals surface area contributed by atoms with Crippen LogP contribution < -0.4 is 0 Å². The fourth-order valence-corrected chi connectivity index (χ4v) is 2.50. The molecule has 2 aliphatic rings. The maximum absolute atomic E-state index is 10.00. The summed E-state index contributed by atoms with van der Waals surface area (Å²) in [5, 5.41) is 9.64. The largest absolute Gasteiger partial charge is 0.391 e. The van der Waals surface area contributed by atoms with E-state index >= 15 is 0 Å². The van der Waals surface area contributed by atoms with Gasteiger partial charge in [-0.1, -0.05) is 26.0 Å². The van der Waals surface area contributed by atoms with E-state index in [4.69, 9.17) is 16.3 Å². The molecular formula is C10H15ClO2. The van der Waals surface area contributed by atoms with Gasteiger partial charge in [-0.3, -0.25) is 0 Å². The molecule has 2 nitrogen and oxygen atoms in total. The molecular weight excluding hydrogens is 188 g/mol. The molecule has 0 unspecified atom stereocenters. The molecule has 2 heterocycles. The molecule has 0 amide bonds. The number of alkyl halides is 1. The summed E-state index contributed by atoms with van der Waals surface area (Å²) >= 11 is 6.16. The predicted molar refractivity (Wildman–Crippen MR) is 51.8 cm³/mol. The molecule has 3 heteroatoms. The van der Waals surface area contributed by atoms with E-state index in [-0.39, 0.29) is 16.9 Å². The number of aliphatic hydroxyl groups excluding tert-OH is 1. The molecule has 0 radical (unpaired) electrons. The summed E-state index contributed by atoms with van der Waals surface area (Å²) in [4.78, 5) is 0. The highest BCUT2D eigenvalue weighted by Crippen LogP contribution is 2.48. The Morgan fingerprint density at radius 3 is 2.62 bits per heavy atom. The maximum Gasteiger partial charge on any atom is 0.103 e. The van der Waals surface area contributed by atoms with Crippen LogP contribution in [-0.2, 0) is 4.74 Å². The van der Waals surface area contributed by atoms with Gasteiger partial charge in [-0.15, -0.1) is 11.6 Å². The van der Waals surface area contributed by atoms with Crippen LogP contribution in [0.4, 0.5) is 0 Å².